The Labute approximate surface area is 69.8 Å². The van der Waals surface area contributed by atoms with Crippen LogP contribution in [0.3, 0.4) is 0 Å². The molecular weight excluding hydrogens is 210 g/mol. The number of rotatable bonds is 6. The Morgan fingerprint density at radius 3 is 2.17 bits per heavy atom. The molecule has 0 aliphatic rings. The summed E-state index contributed by atoms with van der Waals surface area (Å²) < 4.78 is 28.5. The van der Waals surface area contributed by atoms with Crippen molar-refractivity contribution >= 4 is 16.5 Å². The molecule has 0 rings (SSSR count). The molecule has 0 amide bonds. The minimum absolute atomic E-state index is 0.387. The molecular formula is C3H10O7P2. The highest BCUT2D eigenvalue weighted by molar-refractivity contribution is 7.32. The summed E-state index contributed by atoms with van der Waals surface area (Å²) in [7, 11) is -6.24. The molecule has 0 aromatic carbocycles. The first-order chi connectivity index (χ1) is 5.56. The smallest absolute Gasteiger partial charge is 0.317 e. The van der Waals surface area contributed by atoms with E-state index >= 15 is 0 Å². The average Bonchev–Trinajstić information content (AvgIpc) is 1.97. The number of hydrogen-bond acceptors (Lipinski definition) is 5. The van der Waals surface area contributed by atoms with Crippen LogP contribution in [0.15, 0.2) is 0 Å². The maximum Gasteiger partial charge on any atom is 0.317 e. The average molecular weight is 220 g/mol. The molecule has 3 N–H and O–H groups in total. The summed E-state index contributed by atoms with van der Waals surface area (Å²) in [5, 5.41) is 8.48. The Morgan fingerprint density at radius 2 is 1.83 bits per heavy atom. The van der Waals surface area contributed by atoms with E-state index in [9.17, 15) is 9.13 Å². The van der Waals surface area contributed by atoms with Crippen LogP contribution in [0.4, 0.5) is 0 Å². The Hall–Kier alpha value is 0.260. The van der Waals surface area contributed by atoms with Crippen LogP contribution in [-0.2, 0) is 18.2 Å². The zero-order valence-electron chi connectivity index (χ0n) is 5.97. The van der Waals surface area contributed by atoms with Gasteiger partial charge in [0.2, 0.25) is 0 Å². The quantitative estimate of drug-likeness (QED) is 0.499. The number of hydrogen-bond donors (Lipinski definition) is 3. The molecule has 0 spiro atoms. The summed E-state index contributed by atoms with van der Waals surface area (Å²) in [5.74, 6) is 0. The first-order valence-corrected chi connectivity index (χ1v) is 5.45. The topological polar surface area (TPSA) is 113 Å². The Balaban J connectivity index is 3.67. The van der Waals surface area contributed by atoms with E-state index in [-0.39, 0.29) is 6.61 Å². The highest BCUT2D eigenvalue weighted by atomic mass is 31.1. The van der Waals surface area contributed by atoms with Gasteiger partial charge >= 0.3 is 16.5 Å². The van der Waals surface area contributed by atoms with Gasteiger partial charge in [-0.1, -0.05) is 0 Å². The van der Waals surface area contributed by atoms with E-state index in [2.05, 4.69) is 9.05 Å². The molecule has 7 nitrogen and oxygen atoms in total. The minimum atomic E-state index is -3.16. The Kier molecular flexibility index (Phi) is 6.89. The van der Waals surface area contributed by atoms with Crippen LogP contribution in [-0.4, -0.2) is 34.2 Å². The summed E-state index contributed by atoms with van der Waals surface area (Å²) in [6.45, 7) is -0.937. The van der Waals surface area contributed by atoms with Crippen molar-refractivity contribution in [3.63, 3.8) is 0 Å². The molecule has 9 heteroatoms. The molecule has 0 fully saturated rings. The lowest BCUT2D eigenvalue weighted by Crippen LogP contribution is -2.19. The summed E-state index contributed by atoms with van der Waals surface area (Å²) in [5.41, 5.74) is 0. The van der Waals surface area contributed by atoms with Crippen molar-refractivity contribution in [2.75, 3.05) is 13.2 Å². The zero-order chi connectivity index (χ0) is 9.56. The van der Waals surface area contributed by atoms with E-state index in [1.165, 1.54) is 0 Å². The maximum atomic E-state index is 10.1. The highest BCUT2D eigenvalue weighted by Gasteiger charge is 2.11. The monoisotopic (exact) mass is 220 g/mol. The van der Waals surface area contributed by atoms with Crippen LogP contribution in [0.1, 0.15) is 0 Å². The third-order valence-corrected chi connectivity index (χ3v) is 1.81. The summed E-state index contributed by atoms with van der Waals surface area (Å²) >= 11 is 0. The van der Waals surface area contributed by atoms with Gasteiger partial charge in [0.15, 0.2) is 0 Å². The lowest BCUT2D eigenvalue weighted by molar-refractivity contribution is 0.0676. The largest absolute Gasteiger partial charge is 0.394 e. The molecule has 0 bridgehead atoms. The van der Waals surface area contributed by atoms with Crippen molar-refractivity contribution in [3.8, 4) is 0 Å². The SMILES string of the molecule is O=[PH](O)OCC(CO)O[PH](=O)O. The second kappa shape index (κ2) is 6.74. The third kappa shape index (κ3) is 6.94. The second-order valence-corrected chi connectivity index (χ2v) is 3.35. The van der Waals surface area contributed by atoms with Crippen molar-refractivity contribution in [2.24, 2.45) is 0 Å². The summed E-state index contributed by atoms with van der Waals surface area (Å²) in [4.78, 5) is 16.4. The van der Waals surface area contributed by atoms with Gasteiger partial charge in [0.25, 0.3) is 0 Å². The van der Waals surface area contributed by atoms with Crippen LogP contribution in [0.2, 0.25) is 0 Å². The highest BCUT2D eigenvalue weighted by Crippen LogP contribution is 2.21. The third-order valence-electron chi connectivity index (χ3n) is 0.864. The first-order valence-electron chi connectivity index (χ1n) is 2.92. The van der Waals surface area contributed by atoms with Crippen LogP contribution >= 0.6 is 16.5 Å². The van der Waals surface area contributed by atoms with Gasteiger partial charge in [-0.15, -0.1) is 0 Å². The fourth-order valence-corrected chi connectivity index (χ4v) is 1.19. The standard InChI is InChI=1S/C3H10O7P2/c4-1-3(10-12(7)8)2-9-11(5)6/h3-4,11-12H,1-2H2,(H,5,6)(H,7,8). The van der Waals surface area contributed by atoms with Gasteiger partial charge in [0.05, 0.1) is 13.2 Å². The molecule has 3 atom stereocenters. The molecule has 3 unspecified atom stereocenters. The van der Waals surface area contributed by atoms with Gasteiger partial charge in [-0.25, -0.2) is 0 Å². The van der Waals surface area contributed by atoms with E-state index in [0.29, 0.717) is 0 Å². The Morgan fingerprint density at radius 1 is 1.25 bits per heavy atom. The lowest BCUT2D eigenvalue weighted by Gasteiger charge is -2.11. The van der Waals surface area contributed by atoms with Gasteiger partial charge in [0, 0.05) is 0 Å². The molecule has 0 aromatic rings. The van der Waals surface area contributed by atoms with E-state index in [0.717, 1.165) is 0 Å². The predicted octanol–water partition coefficient (Wildman–Crippen LogP) is -0.856. The van der Waals surface area contributed by atoms with Crippen molar-refractivity contribution in [2.45, 2.75) is 6.10 Å². The van der Waals surface area contributed by atoms with Crippen LogP contribution in [0.25, 0.3) is 0 Å². The molecule has 0 heterocycles. The molecule has 0 aliphatic heterocycles. The van der Waals surface area contributed by atoms with Crippen molar-refractivity contribution in [3.05, 3.63) is 0 Å². The summed E-state index contributed by atoms with van der Waals surface area (Å²) in [6.07, 6.45) is -1.04. The molecule has 0 aliphatic carbocycles. The molecule has 0 radical (unpaired) electrons. The maximum absolute atomic E-state index is 10.1. The summed E-state index contributed by atoms with van der Waals surface area (Å²) in [6, 6.07) is 0. The van der Waals surface area contributed by atoms with E-state index in [1.807, 2.05) is 0 Å². The van der Waals surface area contributed by atoms with Crippen LogP contribution in [0.5, 0.6) is 0 Å². The van der Waals surface area contributed by atoms with Crippen molar-refractivity contribution in [1.82, 2.24) is 0 Å². The Bertz CT molecular complexity index is 170. The minimum Gasteiger partial charge on any atom is -0.394 e. The number of aliphatic hydroxyl groups excluding tert-OH is 1. The molecule has 12 heavy (non-hydrogen) atoms. The first kappa shape index (κ1) is 12.3. The molecule has 0 aromatic heterocycles. The normalized spacial score (nSPS) is 18.6. The van der Waals surface area contributed by atoms with Gasteiger partial charge in [-0.2, -0.15) is 0 Å². The predicted molar refractivity (Wildman–Crippen MR) is 40.4 cm³/mol. The van der Waals surface area contributed by atoms with Gasteiger partial charge < -0.3 is 23.9 Å². The van der Waals surface area contributed by atoms with E-state index in [1.54, 1.807) is 0 Å². The molecule has 74 valence electrons. The zero-order valence-corrected chi connectivity index (χ0v) is 7.97. The molecule has 0 saturated carbocycles. The van der Waals surface area contributed by atoms with Gasteiger partial charge in [-0.05, 0) is 0 Å². The number of aliphatic hydroxyl groups is 1. The van der Waals surface area contributed by atoms with Crippen molar-refractivity contribution < 1.29 is 33.1 Å². The van der Waals surface area contributed by atoms with E-state index in [4.69, 9.17) is 14.9 Å². The van der Waals surface area contributed by atoms with E-state index < -0.39 is 29.2 Å². The van der Waals surface area contributed by atoms with Gasteiger partial charge in [-0.3, -0.25) is 9.13 Å². The fourth-order valence-electron chi connectivity index (χ4n) is 0.431. The van der Waals surface area contributed by atoms with Crippen LogP contribution in [0, 0.1) is 0 Å². The molecule has 0 saturated heterocycles. The van der Waals surface area contributed by atoms with Crippen molar-refractivity contribution in [1.29, 1.82) is 0 Å². The van der Waals surface area contributed by atoms with Gasteiger partial charge in [0.1, 0.15) is 6.10 Å². The lowest BCUT2D eigenvalue weighted by atomic mass is 10.4. The second-order valence-electron chi connectivity index (χ2n) is 1.77. The van der Waals surface area contributed by atoms with Crippen LogP contribution < -0.4 is 0 Å². The fraction of sp³-hybridized carbons (Fsp3) is 1.00.